The second-order valence-corrected chi connectivity index (χ2v) is 17.9. The van der Waals surface area contributed by atoms with Crippen LogP contribution >= 0.6 is 0 Å². The van der Waals surface area contributed by atoms with Crippen molar-refractivity contribution >= 4 is 17.9 Å². The van der Waals surface area contributed by atoms with Crippen molar-refractivity contribution in [2.24, 2.45) is 5.92 Å². The van der Waals surface area contributed by atoms with Gasteiger partial charge in [0.15, 0.2) is 6.10 Å². The summed E-state index contributed by atoms with van der Waals surface area (Å²) in [5, 5.41) is 0. The summed E-state index contributed by atoms with van der Waals surface area (Å²) >= 11 is 0. The summed E-state index contributed by atoms with van der Waals surface area (Å²) in [7, 11) is 0. The molecule has 0 unspecified atom stereocenters. The van der Waals surface area contributed by atoms with Gasteiger partial charge in [0.25, 0.3) is 0 Å². The summed E-state index contributed by atoms with van der Waals surface area (Å²) < 4.78 is 16.8. The molecule has 0 aromatic heterocycles. The van der Waals surface area contributed by atoms with Crippen LogP contribution in [0.4, 0.5) is 0 Å². The molecule has 0 aromatic carbocycles. The maximum Gasteiger partial charge on any atom is 0.306 e. The largest absolute Gasteiger partial charge is 0.462 e. The summed E-state index contributed by atoms with van der Waals surface area (Å²) in [6.07, 6.45) is 46.5. The van der Waals surface area contributed by atoms with Crippen molar-refractivity contribution < 1.29 is 28.6 Å². The maximum atomic E-state index is 12.7. The minimum atomic E-state index is -0.759. The maximum absolute atomic E-state index is 12.7. The van der Waals surface area contributed by atoms with Crippen molar-refractivity contribution in [3.8, 4) is 0 Å². The third kappa shape index (κ3) is 45.3. The molecule has 0 aliphatic rings. The first-order chi connectivity index (χ1) is 27.9. The van der Waals surface area contributed by atoms with Gasteiger partial charge in [0, 0.05) is 19.3 Å². The molecule has 0 bridgehead atoms. The molecule has 0 saturated heterocycles. The summed E-state index contributed by atoms with van der Waals surface area (Å²) in [4.78, 5) is 37.8. The highest BCUT2D eigenvalue weighted by Gasteiger charge is 2.19. The molecule has 0 radical (unpaired) electrons. The van der Waals surface area contributed by atoms with Crippen molar-refractivity contribution in [2.45, 2.75) is 291 Å². The number of carbonyl (C=O) groups excluding carboxylic acids is 3. The molecular formula is C51H98O6. The lowest BCUT2D eigenvalue weighted by Gasteiger charge is -2.18. The summed E-state index contributed by atoms with van der Waals surface area (Å²) in [5.74, 6) is -0.00708. The van der Waals surface area contributed by atoms with Gasteiger partial charge in [0.05, 0.1) is 0 Å². The van der Waals surface area contributed by atoms with Crippen molar-refractivity contribution in [3.63, 3.8) is 0 Å². The summed E-state index contributed by atoms with van der Waals surface area (Å²) in [5.41, 5.74) is 0. The predicted octanol–water partition coefficient (Wildman–Crippen LogP) is 16.3. The van der Waals surface area contributed by atoms with Crippen LogP contribution in [0.25, 0.3) is 0 Å². The molecule has 57 heavy (non-hydrogen) atoms. The highest BCUT2D eigenvalue weighted by Crippen LogP contribution is 2.17. The van der Waals surface area contributed by atoms with Gasteiger partial charge >= 0.3 is 17.9 Å². The molecule has 6 heteroatoms. The Bertz CT molecular complexity index is 857. The van der Waals surface area contributed by atoms with Crippen LogP contribution in [0.3, 0.4) is 0 Å². The number of esters is 3. The molecule has 1 atom stereocenters. The lowest BCUT2D eigenvalue weighted by Crippen LogP contribution is -2.30. The van der Waals surface area contributed by atoms with Crippen molar-refractivity contribution in [3.05, 3.63) is 0 Å². The predicted molar refractivity (Wildman–Crippen MR) is 243 cm³/mol. The van der Waals surface area contributed by atoms with Gasteiger partial charge in [0.2, 0.25) is 0 Å². The molecule has 0 amide bonds. The Labute approximate surface area is 355 Å². The van der Waals surface area contributed by atoms with E-state index in [4.69, 9.17) is 14.2 Å². The van der Waals surface area contributed by atoms with E-state index in [1.54, 1.807) is 0 Å². The molecule has 0 saturated carbocycles. The molecule has 0 aromatic rings. The highest BCUT2D eigenvalue weighted by molar-refractivity contribution is 5.71. The fourth-order valence-electron chi connectivity index (χ4n) is 7.69. The normalized spacial score (nSPS) is 11.9. The van der Waals surface area contributed by atoms with E-state index in [-0.39, 0.29) is 31.1 Å². The monoisotopic (exact) mass is 807 g/mol. The second kappa shape index (κ2) is 45.5. The van der Waals surface area contributed by atoms with Crippen LogP contribution in [0.5, 0.6) is 0 Å². The van der Waals surface area contributed by atoms with Crippen molar-refractivity contribution in [2.75, 3.05) is 13.2 Å². The van der Waals surface area contributed by atoms with Gasteiger partial charge < -0.3 is 14.2 Å². The number of rotatable bonds is 46. The zero-order valence-corrected chi connectivity index (χ0v) is 38.8. The van der Waals surface area contributed by atoms with E-state index in [2.05, 4.69) is 27.7 Å². The molecule has 0 heterocycles. The van der Waals surface area contributed by atoms with E-state index in [0.29, 0.717) is 19.3 Å². The zero-order valence-electron chi connectivity index (χ0n) is 38.8. The molecule has 0 N–H and O–H groups in total. The topological polar surface area (TPSA) is 78.9 Å². The standard InChI is InChI=1S/C51H98O6/c1-5-7-9-11-13-15-17-19-23-27-30-34-38-42-49(52)55-45-48(57-51(54)44-40-36-32-26-16-14-12-10-8-6-2)46-56-50(53)43-39-35-31-28-24-21-18-20-22-25-29-33-37-41-47(3)4/h47-48H,5-46H2,1-4H3/t48-/m1/s1. The van der Waals surface area contributed by atoms with Gasteiger partial charge in [-0.15, -0.1) is 0 Å². The average molecular weight is 807 g/mol. The lowest BCUT2D eigenvalue weighted by molar-refractivity contribution is -0.167. The van der Waals surface area contributed by atoms with E-state index in [1.807, 2.05) is 0 Å². The number of carbonyl (C=O) groups is 3. The van der Waals surface area contributed by atoms with Gasteiger partial charge in [0.1, 0.15) is 13.2 Å². The summed E-state index contributed by atoms with van der Waals surface area (Å²) in [6.45, 7) is 9.02. The Morgan fingerprint density at radius 1 is 0.333 bits per heavy atom. The van der Waals surface area contributed by atoms with Crippen LogP contribution in [0.2, 0.25) is 0 Å². The first kappa shape index (κ1) is 55.4. The first-order valence-electron chi connectivity index (χ1n) is 25.4. The second-order valence-electron chi connectivity index (χ2n) is 17.9. The third-order valence-corrected chi connectivity index (χ3v) is 11.5. The number of ether oxygens (including phenoxy) is 3. The Kier molecular flexibility index (Phi) is 44.2. The summed E-state index contributed by atoms with van der Waals surface area (Å²) in [6, 6.07) is 0. The third-order valence-electron chi connectivity index (χ3n) is 11.5. The molecular weight excluding hydrogens is 709 g/mol. The number of unbranched alkanes of at least 4 members (excludes halogenated alkanes) is 33. The quantitative estimate of drug-likeness (QED) is 0.0346. The van der Waals surface area contributed by atoms with Crippen LogP contribution in [0.15, 0.2) is 0 Å². The van der Waals surface area contributed by atoms with Crippen LogP contribution in [-0.4, -0.2) is 37.2 Å². The molecule has 338 valence electrons. The molecule has 0 aliphatic heterocycles. The van der Waals surface area contributed by atoms with E-state index >= 15 is 0 Å². The van der Waals surface area contributed by atoms with Gasteiger partial charge in [-0.3, -0.25) is 14.4 Å². The Hall–Kier alpha value is -1.59. The SMILES string of the molecule is CCCCCCCCCCCCCCCC(=O)OC[C@H](COC(=O)CCCCCCCCCCCCCCCC(C)C)OC(=O)CCCCCCCCCCCC. The Morgan fingerprint density at radius 2 is 0.579 bits per heavy atom. The van der Waals surface area contributed by atoms with E-state index in [1.165, 1.54) is 180 Å². The van der Waals surface area contributed by atoms with Crippen molar-refractivity contribution in [1.82, 2.24) is 0 Å². The van der Waals surface area contributed by atoms with E-state index in [9.17, 15) is 14.4 Å². The van der Waals surface area contributed by atoms with Crippen LogP contribution in [-0.2, 0) is 28.6 Å². The van der Waals surface area contributed by atoms with E-state index < -0.39 is 6.10 Å². The molecule has 0 spiro atoms. The Balaban J connectivity index is 4.27. The van der Waals surface area contributed by atoms with Crippen LogP contribution < -0.4 is 0 Å². The van der Waals surface area contributed by atoms with Gasteiger partial charge in [-0.05, 0) is 25.2 Å². The fraction of sp³-hybridized carbons (Fsp3) is 0.941. The van der Waals surface area contributed by atoms with Gasteiger partial charge in [-0.1, -0.05) is 246 Å². The Morgan fingerprint density at radius 3 is 0.860 bits per heavy atom. The molecule has 0 rings (SSSR count). The van der Waals surface area contributed by atoms with Crippen molar-refractivity contribution in [1.29, 1.82) is 0 Å². The highest BCUT2D eigenvalue weighted by atomic mass is 16.6. The molecule has 0 fully saturated rings. The average Bonchev–Trinajstić information content (AvgIpc) is 3.19. The smallest absolute Gasteiger partial charge is 0.306 e. The van der Waals surface area contributed by atoms with Crippen LogP contribution in [0.1, 0.15) is 285 Å². The van der Waals surface area contributed by atoms with E-state index in [0.717, 1.165) is 63.7 Å². The minimum absolute atomic E-state index is 0.0629. The zero-order chi connectivity index (χ0) is 41.7. The first-order valence-corrected chi connectivity index (χ1v) is 25.4. The molecule has 0 aliphatic carbocycles. The van der Waals surface area contributed by atoms with Crippen LogP contribution in [0, 0.1) is 5.92 Å². The minimum Gasteiger partial charge on any atom is -0.462 e. The fourth-order valence-corrected chi connectivity index (χ4v) is 7.69. The number of hydrogen-bond acceptors (Lipinski definition) is 6. The van der Waals surface area contributed by atoms with Gasteiger partial charge in [-0.2, -0.15) is 0 Å². The number of hydrogen-bond donors (Lipinski definition) is 0. The lowest BCUT2D eigenvalue weighted by atomic mass is 10.0. The van der Waals surface area contributed by atoms with Gasteiger partial charge in [-0.25, -0.2) is 0 Å². The molecule has 6 nitrogen and oxygen atoms in total.